The van der Waals surface area contributed by atoms with Crippen LogP contribution in [0.5, 0.6) is 5.75 Å². The lowest BCUT2D eigenvalue weighted by molar-refractivity contribution is 0.0909. The average molecular weight is 436 g/mol. The van der Waals surface area contributed by atoms with Crippen molar-refractivity contribution in [3.8, 4) is 5.75 Å². The van der Waals surface area contributed by atoms with Gasteiger partial charge in [-0.25, -0.2) is 4.98 Å². The number of nitrogens with one attached hydrogen (secondary N) is 1. The molecule has 2 aromatic carbocycles. The number of imidazole rings is 1. The second-order valence-corrected chi connectivity index (χ2v) is 7.52. The van der Waals surface area contributed by atoms with Gasteiger partial charge in [-0.15, -0.1) is 0 Å². The molecule has 0 saturated heterocycles. The van der Waals surface area contributed by atoms with Crippen LogP contribution in [0.3, 0.4) is 0 Å². The van der Waals surface area contributed by atoms with Crippen molar-refractivity contribution < 1.29 is 14.6 Å². The number of halogens is 1. The summed E-state index contributed by atoms with van der Waals surface area (Å²) in [5, 5.41) is 13.3. The van der Waals surface area contributed by atoms with Gasteiger partial charge in [-0.2, -0.15) is 0 Å². The van der Waals surface area contributed by atoms with Gasteiger partial charge in [-0.3, -0.25) is 9.20 Å². The Balaban J connectivity index is 1.60. The van der Waals surface area contributed by atoms with E-state index in [1.165, 1.54) is 0 Å². The molecular weight excluding hydrogens is 414 g/mol. The lowest BCUT2D eigenvalue weighted by Gasteiger charge is -2.17. The number of carbonyl (C=O) groups is 1. The van der Waals surface area contributed by atoms with Crippen LogP contribution < -0.4 is 10.1 Å². The Morgan fingerprint density at radius 1 is 1.13 bits per heavy atom. The van der Waals surface area contributed by atoms with Crippen LogP contribution in [0.4, 0.5) is 0 Å². The molecule has 31 heavy (non-hydrogen) atoms. The van der Waals surface area contributed by atoms with Gasteiger partial charge in [0.25, 0.3) is 5.91 Å². The summed E-state index contributed by atoms with van der Waals surface area (Å²) in [7, 11) is 0. The molecule has 1 amide bonds. The van der Waals surface area contributed by atoms with Crippen LogP contribution in [-0.2, 0) is 6.61 Å². The number of hydrogen-bond acceptors (Lipinski definition) is 4. The van der Waals surface area contributed by atoms with Gasteiger partial charge in [0, 0.05) is 16.8 Å². The topological polar surface area (TPSA) is 75.9 Å². The normalized spacial score (nSPS) is 12.0. The Kier molecular flexibility index (Phi) is 6.21. The van der Waals surface area contributed by atoms with Crippen LogP contribution in [0.25, 0.3) is 5.65 Å². The van der Waals surface area contributed by atoms with Crippen molar-refractivity contribution in [2.75, 3.05) is 6.61 Å². The molecule has 158 valence electrons. The van der Waals surface area contributed by atoms with Gasteiger partial charge in [-0.1, -0.05) is 60.1 Å². The van der Waals surface area contributed by atoms with Crippen molar-refractivity contribution in [3.63, 3.8) is 0 Å². The highest BCUT2D eigenvalue weighted by molar-refractivity contribution is 6.31. The summed E-state index contributed by atoms with van der Waals surface area (Å²) in [5.41, 5.74) is 3.19. The molecule has 4 aromatic rings. The molecule has 0 spiro atoms. The molecule has 2 heterocycles. The number of hydrogen-bond donors (Lipinski definition) is 2. The Labute approximate surface area is 185 Å². The first-order valence-corrected chi connectivity index (χ1v) is 10.3. The summed E-state index contributed by atoms with van der Waals surface area (Å²) >= 11 is 6.22. The van der Waals surface area contributed by atoms with Crippen molar-refractivity contribution in [2.45, 2.75) is 19.6 Å². The van der Waals surface area contributed by atoms with E-state index >= 15 is 0 Å². The molecule has 4 rings (SSSR count). The fraction of sp³-hybridized carbons (Fsp3) is 0.167. The van der Waals surface area contributed by atoms with Gasteiger partial charge in [-0.05, 0) is 30.7 Å². The third kappa shape index (κ3) is 4.40. The quantitative estimate of drug-likeness (QED) is 0.453. The third-order valence-corrected chi connectivity index (χ3v) is 5.40. The van der Waals surface area contributed by atoms with E-state index in [-0.39, 0.29) is 19.1 Å². The maximum atomic E-state index is 13.1. The van der Waals surface area contributed by atoms with Crippen LogP contribution in [0.15, 0.2) is 72.9 Å². The summed E-state index contributed by atoms with van der Waals surface area (Å²) in [4.78, 5) is 17.6. The summed E-state index contributed by atoms with van der Waals surface area (Å²) in [5.74, 6) is 0.225. The minimum absolute atomic E-state index is 0.211. The Bertz CT molecular complexity index is 1210. The standard InChI is InChI=1S/C24H22ClN3O3/c1-16-22(24(30)27-20(14-29)17-8-3-2-4-9-17)28-13-7-12-21(23(28)26-16)31-15-18-10-5-6-11-19(18)25/h2-13,20,29H,14-15H2,1H3,(H,27,30)/t20-/m0/s1. The van der Waals surface area contributed by atoms with E-state index in [0.717, 1.165) is 11.1 Å². The highest BCUT2D eigenvalue weighted by Crippen LogP contribution is 2.25. The highest BCUT2D eigenvalue weighted by Gasteiger charge is 2.22. The monoisotopic (exact) mass is 435 g/mol. The summed E-state index contributed by atoms with van der Waals surface area (Å²) in [6.45, 7) is 1.85. The number of amides is 1. The van der Waals surface area contributed by atoms with Crippen molar-refractivity contribution in [3.05, 3.63) is 100 Å². The average Bonchev–Trinajstić information content (AvgIpc) is 3.14. The van der Waals surface area contributed by atoms with Gasteiger partial charge >= 0.3 is 0 Å². The minimum atomic E-state index is -0.515. The number of carbonyl (C=O) groups excluding carboxylic acids is 1. The fourth-order valence-electron chi connectivity index (χ4n) is 3.46. The van der Waals surface area contributed by atoms with E-state index in [2.05, 4.69) is 10.3 Å². The minimum Gasteiger partial charge on any atom is -0.485 e. The number of ether oxygens (including phenoxy) is 1. The van der Waals surface area contributed by atoms with E-state index < -0.39 is 6.04 Å². The number of nitrogens with zero attached hydrogens (tertiary/aromatic N) is 2. The van der Waals surface area contributed by atoms with Gasteiger partial charge in [0.15, 0.2) is 11.4 Å². The molecule has 2 aromatic heterocycles. The number of pyridine rings is 1. The highest BCUT2D eigenvalue weighted by atomic mass is 35.5. The first-order chi connectivity index (χ1) is 15.1. The molecule has 0 aliphatic rings. The first kappa shape index (κ1) is 20.9. The van der Waals surface area contributed by atoms with E-state index in [9.17, 15) is 9.90 Å². The third-order valence-electron chi connectivity index (χ3n) is 5.03. The van der Waals surface area contributed by atoms with E-state index in [4.69, 9.17) is 16.3 Å². The molecule has 0 bridgehead atoms. The predicted octanol–water partition coefficient (Wildman–Crippen LogP) is 4.34. The number of fused-ring (bicyclic) bond motifs is 1. The second-order valence-electron chi connectivity index (χ2n) is 7.11. The molecule has 0 aliphatic heterocycles. The van der Waals surface area contributed by atoms with Crippen LogP contribution in [0.1, 0.15) is 33.4 Å². The molecule has 6 nitrogen and oxygen atoms in total. The zero-order valence-corrected chi connectivity index (χ0v) is 17.7. The Morgan fingerprint density at radius 2 is 1.87 bits per heavy atom. The SMILES string of the molecule is Cc1nc2c(OCc3ccccc3Cl)cccn2c1C(=O)N[C@@H](CO)c1ccccc1. The van der Waals surface area contributed by atoms with Crippen molar-refractivity contribution in [1.82, 2.24) is 14.7 Å². The van der Waals surface area contributed by atoms with Crippen LogP contribution in [0, 0.1) is 6.92 Å². The lowest BCUT2D eigenvalue weighted by Crippen LogP contribution is -2.32. The summed E-state index contributed by atoms with van der Waals surface area (Å²) in [6, 6.07) is 19.9. The number of aliphatic hydroxyl groups excluding tert-OH is 1. The molecule has 1 atom stereocenters. The number of benzene rings is 2. The Morgan fingerprint density at radius 3 is 2.61 bits per heavy atom. The van der Waals surface area contributed by atoms with Crippen LogP contribution >= 0.6 is 11.6 Å². The van der Waals surface area contributed by atoms with Gasteiger partial charge in [0.1, 0.15) is 12.3 Å². The van der Waals surface area contributed by atoms with Crippen LogP contribution in [-0.4, -0.2) is 27.0 Å². The molecule has 0 aliphatic carbocycles. The fourth-order valence-corrected chi connectivity index (χ4v) is 3.65. The first-order valence-electron chi connectivity index (χ1n) is 9.89. The summed E-state index contributed by atoms with van der Waals surface area (Å²) in [6.07, 6.45) is 1.77. The molecule has 7 heteroatoms. The van der Waals surface area contributed by atoms with Gasteiger partial charge in [0.05, 0.1) is 18.3 Å². The molecule has 0 saturated carbocycles. The van der Waals surface area contributed by atoms with E-state index in [1.54, 1.807) is 29.7 Å². The number of aryl methyl sites for hydroxylation is 1. The number of aliphatic hydroxyl groups is 1. The summed E-state index contributed by atoms with van der Waals surface area (Å²) < 4.78 is 7.67. The molecule has 0 unspecified atom stereocenters. The van der Waals surface area contributed by atoms with Crippen molar-refractivity contribution >= 4 is 23.2 Å². The number of aromatic nitrogens is 2. The zero-order chi connectivity index (χ0) is 21.8. The molecule has 2 N–H and O–H groups in total. The lowest BCUT2D eigenvalue weighted by atomic mass is 10.1. The van der Waals surface area contributed by atoms with Gasteiger partial charge in [0.2, 0.25) is 0 Å². The molecule has 0 fully saturated rings. The Hall–Kier alpha value is -3.35. The van der Waals surface area contributed by atoms with Crippen molar-refractivity contribution in [2.24, 2.45) is 0 Å². The maximum Gasteiger partial charge on any atom is 0.270 e. The maximum absolute atomic E-state index is 13.1. The zero-order valence-electron chi connectivity index (χ0n) is 17.0. The van der Waals surface area contributed by atoms with Crippen molar-refractivity contribution in [1.29, 1.82) is 0 Å². The molecular formula is C24H22ClN3O3. The smallest absolute Gasteiger partial charge is 0.270 e. The second kappa shape index (κ2) is 9.20. The van der Waals surface area contributed by atoms with E-state index in [0.29, 0.717) is 27.8 Å². The van der Waals surface area contributed by atoms with E-state index in [1.807, 2.05) is 54.6 Å². The molecule has 0 radical (unpaired) electrons. The van der Waals surface area contributed by atoms with Gasteiger partial charge < -0.3 is 15.2 Å². The largest absolute Gasteiger partial charge is 0.485 e. The predicted molar refractivity (Wildman–Crippen MR) is 119 cm³/mol. The van der Waals surface area contributed by atoms with Crippen LogP contribution in [0.2, 0.25) is 5.02 Å². The number of rotatable bonds is 7.